The fraction of sp³-hybridized carbons (Fsp3) is 0.562. The topological polar surface area (TPSA) is 32.8 Å². The van der Waals surface area contributed by atoms with Crippen LogP contribution < -0.4 is 4.74 Å². The minimum absolute atomic E-state index is 0.199. The van der Waals surface area contributed by atoms with E-state index in [1.165, 1.54) is 0 Å². The van der Waals surface area contributed by atoms with Crippen molar-refractivity contribution in [2.75, 3.05) is 27.2 Å². The van der Waals surface area contributed by atoms with Gasteiger partial charge in [0.15, 0.2) is 0 Å². The third-order valence-electron chi connectivity index (χ3n) is 4.20. The van der Waals surface area contributed by atoms with Crippen LogP contribution in [0.15, 0.2) is 24.3 Å². The lowest BCUT2D eigenvalue weighted by Gasteiger charge is -2.42. The summed E-state index contributed by atoms with van der Waals surface area (Å²) >= 11 is 0. The first-order valence-electron chi connectivity index (χ1n) is 7.14. The van der Waals surface area contributed by atoms with Crippen molar-refractivity contribution in [3.05, 3.63) is 29.8 Å². The lowest BCUT2D eigenvalue weighted by molar-refractivity contribution is -0.134. The fourth-order valence-electron chi connectivity index (χ4n) is 2.68. The van der Waals surface area contributed by atoms with Crippen LogP contribution in [0.2, 0.25) is 0 Å². The monoisotopic (exact) mass is 276 g/mol. The summed E-state index contributed by atoms with van der Waals surface area (Å²) in [6.45, 7) is 5.95. The molecular weight excluding hydrogens is 252 g/mol. The van der Waals surface area contributed by atoms with Gasteiger partial charge in [0.2, 0.25) is 5.91 Å². The average molecular weight is 276 g/mol. The van der Waals surface area contributed by atoms with Gasteiger partial charge in [-0.2, -0.15) is 0 Å². The molecule has 4 heteroatoms. The molecule has 1 aromatic rings. The Kier molecular flexibility index (Phi) is 4.65. The lowest BCUT2D eigenvalue weighted by atomic mass is 10.1. The number of methoxy groups -OCH3 is 1. The summed E-state index contributed by atoms with van der Waals surface area (Å²) < 4.78 is 5.20. The number of hydrogen-bond acceptors (Lipinski definition) is 3. The van der Waals surface area contributed by atoms with E-state index in [1.807, 2.05) is 29.2 Å². The van der Waals surface area contributed by atoms with Gasteiger partial charge >= 0.3 is 0 Å². The highest BCUT2D eigenvalue weighted by Crippen LogP contribution is 2.17. The Hall–Kier alpha value is -1.55. The van der Waals surface area contributed by atoms with Gasteiger partial charge in [-0.3, -0.25) is 9.69 Å². The molecule has 0 spiro atoms. The Morgan fingerprint density at radius 1 is 1.30 bits per heavy atom. The summed E-state index contributed by atoms with van der Waals surface area (Å²) in [5.74, 6) is 1.00. The smallest absolute Gasteiger partial charge is 0.227 e. The first-order chi connectivity index (χ1) is 9.51. The number of amides is 1. The zero-order valence-corrected chi connectivity index (χ0v) is 12.8. The van der Waals surface area contributed by atoms with Crippen LogP contribution >= 0.6 is 0 Å². The zero-order chi connectivity index (χ0) is 14.7. The SMILES string of the molecule is COc1cccc(CC(=O)N2CC(C)N(C)C(C)C2)c1. The van der Waals surface area contributed by atoms with E-state index in [1.54, 1.807) is 7.11 Å². The van der Waals surface area contributed by atoms with Crippen molar-refractivity contribution in [2.45, 2.75) is 32.4 Å². The Balaban J connectivity index is 2.01. The summed E-state index contributed by atoms with van der Waals surface area (Å²) in [5, 5.41) is 0. The Morgan fingerprint density at radius 3 is 2.55 bits per heavy atom. The fourth-order valence-corrected chi connectivity index (χ4v) is 2.68. The van der Waals surface area contributed by atoms with Gasteiger partial charge in [-0.05, 0) is 38.6 Å². The number of ether oxygens (including phenoxy) is 1. The second-order valence-electron chi connectivity index (χ2n) is 5.69. The van der Waals surface area contributed by atoms with Crippen molar-refractivity contribution >= 4 is 5.91 Å². The highest BCUT2D eigenvalue weighted by molar-refractivity contribution is 5.79. The molecule has 2 unspecified atom stereocenters. The van der Waals surface area contributed by atoms with Crippen LogP contribution in [-0.4, -0.2) is 55.0 Å². The maximum Gasteiger partial charge on any atom is 0.227 e. The van der Waals surface area contributed by atoms with Crippen LogP contribution in [0.3, 0.4) is 0 Å². The lowest BCUT2D eigenvalue weighted by Crippen LogP contribution is -2.56. The molecule has 1 heterocycles. The molecule has 4 nitrogen and oxygen atoms in total. The van der Waals surface area contributed by atoms with Crippen molar-refractivity contribution in [1.29, 1.82) is 0 Å². The van der Waals surface area contributed by atoms with E-state index in [9.17, 15) is 4.79 Å². The number of piperazine rings is 1. The van der Waals surface area contributed by atoms with Gasteiger partial charge in [-0.25, -0.2) is 0 Å². The molecule has 0 aliphatic carbocycles. The minimum Gasteiger partial charge on any atom is -0.497 e. The molecule has 1 aliphatic heterocycles. The van der Waals surface area contributed by atoms with Crippen LogP contribution in [0.5, 0.6) is 5.75 Å². The molecule has 20 heavy (non-hydrogen) atoms. The molecule has 1 saturated heterocycles. The van der Waals surface area contributed by atoms with Gasteiger partial charge in [0.05, 0.1) is 13.5 Å². The molecule has 0 N–H and O–H groups in total. The second kappa shape index (κ2) is 6.27. The molecule has 2 atom stereocenters. The number of likely N-dealkylation sites (N-methyl/N-ethyl adjacent to an activating group) is 1. The number of nitrogens with zero attached hydrogens (tertiary/aromatic N) is 2. The Morgan fingerprint density at radius 2 is 1.95 bits per heavy atom. The normalized spacial score (nSPS) is 23.7. The van der Waals surface area contributed by atoms with E-state index < -0.39 is 0 Å². The maximum atomic E-state index is 12.4. The average Bonchev–Trinajstić information content (AvgIpc) is 2.44. The number of carbonyl (C=O) groups excluding carboxylic acids is 1. The van der Waals surface area contributed by atoms with Crippen LogP contribution in [-0.2, 0) is 11.2 Å². The largest absolute Gasteiger partial charge is 0.497 e. The third kappa shape index (κ3) is 3.31. The van der Waals surface area contributed by atoms with Crippen LogP contribution in [0.25, 0.3) is 0 Å². The number of hydrogen-bond donors (Lipinski definition) is 0. The van der Waals surface area contributed by atoms with E-state index in [0.29, 0.717) is 18.5 Å². The van der Waals surface area contributed by atoms with Crippen molar-refractivity contribution in [1.82, 2.24) is 9.80 Å². The molecule has 110 valence electrons. The highest BCUT2D eigenvalue weighted by atomic mass is 16.5. The predicted octanol–water partition coefficient (Wildman–Crippen LogP) is 1.79. The van der Waals surface area contributed by atoms with Gasteiger partial charge in [0, 0.05) is 25.2 Å². The van der Waals surface area contributed by atoms with E-state index in [0.717, 1.165) is 24.4 Å². The van der Waals surface area contributed by atoms with Gasteiger partial charge in [-0.15, -0.1) is 0 Å². The molecule has 1 aromatic carbocycles. The van der Waals surface area contributed by atoms with Gasteiger partial charge < -0.3 is 9.64 Å². The maximum absolute atomic E-state index is 12.4. The second-order valence-corrected chi connectivity index (χ2v) is 5.69. The standard InChI is InChI=1S/C16H24N2O2/c1-12-10-18(11-13(2)17(12)3)16(19)9-14-6-5-7-15(8-14)20-4/h5-8,12-13H,9-11H2,1-4H3. The van der Waals surface area contributed by atoms with Crippen LogP contribution in [0, 0.1) is 0 Å². The molecule has 0 aromatic heterocycles. The van der Waals surface area contributed by atoms with Gasteiger partial charge in [0.25, 0.3) is 0 Å². The third-order valence-corrected chi connectivity index (χ3v) is 4.20. The Bertz CT molecular complexity index is 463. The molecular formula is C16H24N2O2. The first-order valence-corrected chi connectivity index (χ1v) is 7.14. The van der Waals surface area contributed by atoms with E-state index in [-0.39, 0.29) is 5.91 Å². The van der Waals surface area contributed by atoms with Crippen LogP contribution in [0.4, 0.5) is 0 Å². The minimum atomic E-state index is 0.199. The molecule has 0 bridgehead atoms. The van der Waals surface area contributed by atoms with Crippen molar-refractivity contribution in [3.8, 4) is 5.75 Å². The van der Waals surface area contributed by atoms with Crippen molar-refractivity contribution in [3.63, 3.8) is 0 Å². The highest BCUT2D eigenvalue weighted by Gasteiger charge is 2.29. The number of benzene rings is 1. The van der Waals surface area contributed by atoms with E-state index >= 15 is 0 Å². The van der Waals surface area contributed by atoms with Crippen molar-refractivity contribution < 1.29 is 9.53 Å². The summed E-state index contributed by atoms with van der Waals surface area (Å²) in [7, 11) is 3.77. The first kappa shape index (κ1) is 14.9. The van der Waals surface area contributed by atoms with Crippen molar-refractivity contribution in [2.24, 2.45) is 0 Å². The number of carbonyl (C=O) groups is 1. The molecule has 1 aliphatic rings. The summed E-state index contributed by atoms with van der Waals surface area (Å²) in [6.07, 6.45) is 0.445. The van der Waals surface area contributed by atoms with Gasteiger partial charge in [-0.1, -0.05) is 12.1 Å². The molecule has 1 amide bonds. The number of rotatable bonds is 3. The molecule has 2 rings (SSSR count). The van der Waals surface area contributed by atoms with E-state index in [2.05, 4.69) is 25.8 Å². The molecule has 0 radical (unpaired) electrons. The molecule has 0 saturated carbocycles. The zero-order valence-electron chi connectivity index (χ0n) is 12.8. The predicted molar refractivity (Wildman–Crippen MR) is 80.0 cm³/mol. The molecule has 1 fully saturated rings. The van der Waals surface area contributed by atoms with E-state index in [4.69, 9.17) is 4.74 Å². The van der Waals surface area contributed by atoms with Gasteiger partial charge in [0.1, 0.15) is 5.75 Å². The quantitative estimate of drug-likeness (QED) is 0.844. The summed E-state index contributed by atoms with van der Waals surface area (Å²) in [4.78, 5) is 16.7. The summed E-state index contributed by atoms with van der Waals surface area (Å²) in [5.41, 5.74) is 1.01. The Labute approximate surface area is 121 Å². The summed E-state index contributed by atoms with van der Waals surface area (Å²) in [6, 6.07) is 8.55. The van der Waals surface area contributed by atoms with Crippen LogP contribution in [0.1, 0.15) is 19.4 Å².